The first-order valence-electron chi connectivity index (χ1n) is 16.8. The van der Waals surface area contributed by atoms with E-state index >= 15 is 0 Å². The van der Waals surface area contributed by atoms with Gasteiger partial charge in [0, 0.05) is 162 Å². The number of carbonyl (C=O) groups is 3. The number of amides is 1. The number of ether oxygens (including phenoxy) is 2. The van der Waals surface area contributed by atoms with Crippen molar-refractivity contribution in [2.75, 3.05) is 49.5 Å². The summed E-state index contributed by atoms with van der Waals surface area (Å²) in [6, 6.07) is 3.75. The number of carbonyl (C=O) groups excluding carboxylic acids is 3. The van der Waals surface area contributed by atoms with E-state index < -0.39 is 17.8 Å². The minimum atomic E-state index is -0.679. The molecular weight excluding hydrogens is 2620 g/mol. The van der Waals surface area contributed by atoms with E-state index in [9.17, 15) is 14.4 Å². The van der Waals surface area contributed by atoms with Crippen LogP contribution in [-0.4, -0.2) is 105 Å². The predicted octanol–water partition coefficient (Wildman–Crippen LogP) is -0.950. The number of nitrogens with one attached hydrogen (secondary N) is 2. The second-order valence-electron chi connectivity index (χ2n) is 10.5. The fourth-order valence-electron chi connectivity index (χ4n) is 3.28. The summed E-state index contributed by atoms with van der Waals surface area (Å²) in [5.41, 5.74) is 33.0. The molecule has 77 heavy (non-hydrogen) atoms. The first kappa shape index (κ1) is 94.8. The van der Waals surface area contributed by atoms with E-state index in [0.717, 1.165) is 5.34 Å². The molecule has 0 atom stereocenters. The van der Waals surface area contributed by atoms with Gasteiger partial charge in [0.1, 0.15) is 29.4 Å². The standard InChI is InChI=1S/C6H7IN5.C6H5IN3O2.C6H3IN3.C6H6N3O2.C5H4IN4O.C5H2IN4.CH4.HNO2.Na.6W.H/c1-10-6-4(5(8)9)12-3(7)2-11-6;1-12-6(11)4-5(8)9-2-3(7)10-4;1-4-5(2-8)10-6(7)3-9-4;1-11-6(10)4-5(7)9-3-2-8-4;6-2-1-9-4(7)3(10-2)5(8)11;6-4-2-9-5(8)3(1-7)10-4;;2-1-3;;;;;;;;/h1H3,(H3,8,9)(H,10,11);1H3,(H2,8,9);1H3;2H,1H3,(H2,7,9);(H2,7,9)(H2,8,11);(H2,8,9);1H4;(H,2,3);;;;;;;;/q6*-1;;;+1;;;;;;;-1/p-1. The number of hydrogen-bond donors (Lipinski definition) is 8. The van der Waals surface area contributed by atoms with Crippen LogP contribution in [0.3, 0.4) is 0 Å². The van der Waals surface area contributed by atoms with E-state index in [4.69, 9.17) is 60.4 Å². The number of nitrogen functional groups attached to an aromatic ring is 5. The van der Waals surface area contributed by atoms with Gasteiger partial charge in [0.25, 0.3) is 5.91 Å². The number of esters is 2. The molecule has 6 heterocycles. The molecule has 0 aromatic carbocycles. The van der Waals surface area contributed by atoms with Crippen LogP contribution in [0.2, 0.25) is 0 Å². The molecule has 0 bridgehead atoms. The van der Waals surface area contributed by atoms with Gasteiger partial charge < -0.3 is 90.6 Å². The van der Waals surface area contributed by atoms with Gasteiger partial charge in [0.15, 0.2) is 0 Å². The number of hydrogen-bond acceptors (Lipinski definition) is 28. The van der Waals surface area contributed by atoms with Crippen molar-refractivity contribution >= 4 is 166 Å². The minimum Gasteiger partial charge on any atom is -1.00 e. The van der Waals surface area contributed by atoms with E-state index in [0.29, 0.717) is 41.4 Å². The van der Waals surface area contributed by atoms with Crippen LogP contribution >= 0.6 is 113 Å². The van der Waals surface area contributed by atoms with Crippen LogP contribution in [0.15, 0.2) is 11.5 Å². The van der Waals surface area contributed by atoms with Crippen molar-refractivity contribution in [2.45, 2.75) is 14.4 Å². The number of nitrogens with two attached hydrogens (primary N) is 6. The van der Waals surface area contributed by atoms with Gasteiger partial charge in [-0.15, -0.1) is 42.5 Å². The van der Waals surface area contributed by atoms with Crippen LogP contribution in [0.4, 0.5) is 29.1 Å². The summed E-state index contributed by atoms with van der Waals surface area (Å²) >= 11 is 9.58. The molecule has 6 rings (SSSR count). The fraction of sp³-hybridized carbons (Fsp3) is 0.143. The zero-order chi connectivity index (χ0) is 52.8. The van der Waals surface area contributed by atoms with Crippen molar-refractivity contribution < 1.29 is 181 Å². The largest absolute Gasteiger partial charge is 1.00 e. The molecule has 0 spiro atoms. The van der Waals surface area contributed by atoms with E-state index in [1.165, 1.54) is 20.4 Å². The van der Waals surface area contributed by atoms with Crippen molar-refractivity contribution in [1.82, 2.24) is 59.8 Å². The van der Waals surface area contributed by atoms with Crippen LogP contribution in [0, 0.1) is 101 Å². The predicted molar refractivity (Wildman–Crippen MR) is 289 cm³/mol. The molecule has 0 aliphatic rings. The molecule has 30 nitrogen and oxygen atoms in total. The summed E-state index contributed by atoms with van der Waals surface area (Å²) in [6.45, 7) is 1.73. The van der Waals surface area contributed by atoms with Crippen molar-refractivity contribution in [1.29, 1.82) is 15.9 Å². The van der Waals surface area contributed by atoms with E-state index in [-0.39, 0.29) is 217 Å². The molecule has 14 N–H and O–H groups in total. The maximum Gasteiger partial charge on any atom is 1.00 e. The van der Waals surface area contributed by atoms with Crippen molar-refractivity contribution in [3.8, 4) is 12.1 Å². The number of nitrogens with zero attached hydrogens (tertiary/aromatic N) is 15. The molecule has 0 unspecified atom stereocenters. The monoisotopic (exact) mass is 2650 g/mol. The topological polar surface area (TPSA) is 516 Å². The maximum absolute atomic E-state index is 11.0. The van der Waals surface area contributed by atoms with Crippen LogP contribution in [0.25, 0.3) is 0 Å². The fourth-order valence-corrected chi connectivity index (χ4v) is 5.09. The third-order valence-electron chi connectivity index (χ3n) is 6.10. The first-order chi connectivity index (χ1) is 32.5. The van der Waals surface area contributed by atoms with E-state index in [1.807, 2.05) is 125 Å². The molecule has 0 aliphatic heterocycles. The SMILES string of the molecule is C.CNc1n[c-]c(I)nc1C(=N)N.COC(=O)c1nc(I)[c-]nc1N.COC(=O)c1nc[c-]nc1N.Cc1n[c-]c(I)nc1C#N.N#Cc1nc(I)[c-]nc1N.NC(=O)c1nc(I)[c-]nc1N.O=N[O-].[H-].[Na+].[W].[W].[W].[W].[W].[W]. The number of anilines is 5. The number of aryl methyl sites for hydroxylation is 1. The average molecular weight is 2650 g/mol. The van der Waals surface area contributed by atoms with Crippen molar-refractivity contribution in [3.05, 3.63) is 112 Å². The Morgan fingerprint density at radius 2 is 1.00 bits per heavy atom. The molecule has 0 saturated heterocycles. The zero-order valence-electron chi connectivity index (χ0n) is 39.4. The van der Waals surface area contributed by atoms with Crippen LogP contribution in [-0.2, 0) is 136 Å². The quantitative estimate of drug-likeness (QED) is 0.0151. The molecule has 0 saturated carbocycles. The zero-order valence-corrected chi connectivity index (χ0v) is 68.8. The van der Waals surface area contributed by atoms with E-state index in [2.05, 4.69) is 112 Å². The molecular formula is C35H32I5N23NaO7W6-7. The van der Waals surface area contributed by atoms with Crippen LogP contribution in [0.5, 0.6) is 0 Å². The molecule has 6 aromatic rings. The van der Waals surface area contributed by atoms with Crippen molar-refractivity contribution in [2.24, 2.45) is 16.8 Å². The van der Waals surface area contributed by atoms with Gasteiger partial charge in [-0.1, -0.05) is 20.0 Å². The summed E-state index contributed by atoms with van der Waals surface area (Å²) in [6.07, 6.45) is 16.5. The summed E-state index contributed by atoms with van der Waals surface area (Å²) in [5.74, 6) is -1.29. The second kappa shape index (κ2) is 53.8. The average Bonchev–Trinajstić information content (AvgIpc) is 3.33. The molecule has 408 valence electrons. The Balaban J connectivity index is -0.0000000861. The van der Waals surface area contributed by atoms with E-state index in [1.54, 1.807) is 14.0 Å². The van der Waals surface area contributed by atoms with Gasteiger partial charge in [-0.3, -0.25) is 40.1 Å². The van der Waals surface area contributed by atoms with Gasteiger partial charge in [-0.25, -0.2) is 9.59 Å². The smallest absolute Gasteiger partial charge is 1.00 e. The normalized spacial score (nSPS) is 8.09. The molecule has 0 aliphatic carbocycles. The Kier molecular flexibility index (Phi) is 66.2. The first-order valence-corrected chi connectivity index (χ1v) is 22.2. The molecule has 0 radical (unpaired) electrons. The Morgan fingerprint density at radius 3 is 1.36 bits per heavy atom. The number of methoxy groups -OCH3 is 2. The van der Waals surface area contributed by atoms with Crippen molar-refractivity contribution in [3.63, 3.8) is 0 Å². The molecule has 6 aromatic heterocycles. The number of nitriles is 2. The number of amidine groups is 1. The number of aromatic nitrogens is 12. The Labute approximate surface area is 617 Å². The molecule has 1 amide bonds. The van der Waals surface area contributed by atoms with Gasteiger partial charge in [0.2, 0.25) is 0 Å². The van der Waals surface area contributed by atoms with Crippen LogP contribution in [0.1, 0.15) is 63.1 Å². The summed E-state index contributed by atoms with van der Waals surface area (Å²) in [4.78, 5) is 85.3. The summed E-state index contributed by atoms with van der Waals surface area (Å²) in [5, 5.41) is 35.8. The Morgan fingerprint density at radius 1 is 0.649 bits per heavy atom. The molecule has 0 fully saturated rings. The summed E-state index contributed by atoms with van der Waals surface area (Å²) < 4.78 is 11.5. The Bertz CT molecular complexity index is 2790. The van der Waals surface area contributed by atoms with Gasteiger partial charge >= 0.3 is 41.5 Å². The van der Waals surface area contributed by atoms with Gasteiger partial charge in [-0.2, -0.15) is 10.5 Å². The number of primary amides is 1. The maximum atomic E-state index is 11.0. The second-order valence-corrected chi connectivity index (χ2v) is 15.6. The van der Waals surface area contributed by atoms with Gasteiger partial charge in [-0.05, 0) is 138 Å². The number of rotatable bonds is 5. The third-order valence-corrected chi connectivity index (χ3v) is 8.51. The number of halogens is 5. The Hall–Kier alpha value is -1.48. The van der Waals surface area contributed by atoms with Gasteiger partial charge in [0.05, 0.1) is 37.0 Å². The molecule has 42 heteroatoms. The summed E-state index contributed by atoms with van der Waals surface area (Å²) in [7, 11) is 4.20. The minimum absolute atomic E-state index is 0. The third kappa shape index (κ3) is 38.8. The van der Waals surface area contributed by atoms with Crippen LogP contribution < -0.4 is 69.3 Å².